The summed E-state index contributed by atoms with van der Waals surface area (Å²) in [5.74, 6) is 1.72. The summed E-state index contributed by atoms with van der Waals surface area (Å²) in [6.07, 6.45) is 5.03. The van der Waals surface area contributed by atoms with Gasteiger partial charge in [-0.2, -0.15) is 0 Å². The van der Waals surface area contributed by atoms with E-state index < -0.39 is 0 Å². The Balaban J connectivity index is 1.37. The maximum Gasteiger partial charge on any atom is 0.227 e. The maximum atomic E-state index is 12.7. The van der Waals surface area contributed by atoms with Crippen LogP contribution in [0, 0.1) is 5.92 Å². The first-order valence-corrected chi connectivity index (χ1v) is 10.8. The quantitative estimate of drug-likeness (QED) is 0.634. The molecule has 30 heavy (non-hydrogen) atoms. The van der Waals surface area contributed by atoms with Gasteiger partial charge in [0.15, 0.2) is 5.82 Å². The van der Waals surface area contributed by atoms with Crippen LogP contribution in [0.3, 0.4) is 0 Å². The molecule has 7 heteroatoms. The van der Waals surface area contributed by atoms with Crippen molar-refractivity contribution in [2.45, 2.75) is 22.8 Å². The Morgan fingerprint density at radius 3 is 2.43 bits per heavy atom. The Hall–Kier alpha value is -3.06. The fraction of sp³-hybridized carbons (Fsp3) is 0.261. The van der Waals surface area contributed by atoms with Crippen molar-refractivity contribution in [2.75, 3.05) is 30.4 Å². The molecule has 0 atom stereocenters. The Bertz CT molecular complexity index is 974. The Morgan fingerprint density at radius 1 is 1.03 bits per heavy atom. The number of piperidine rings is 1. The zero-order valence-corrected chi connectivity index (χ0v) is 17.6. The first-order chi connectivity index (χ1) is 14.7. The first-order valence-electron chi connectivity index (χ1n) is 9.96. The summed E-state index contributed by atoms with van der Waals surface area (Å²) >= 11 is 1.61. The summed E-state index contributed by atoms with van der Waals surface area (Å²) in [4.78, 5) is 25.2. The molecule has 3 aromatic rings. The lowest BCUT2D eigenvalue weighted by Gasteiger charge is -2.32. The van der Waals surface area contributed by atoms with Gasteiger partial charge in [-0.05, 0) is 49.2 Å². The van der Waals surface area contributed by atoms with E-state index >= 15 is 0 Å². The molecule has 1 aliphatic rings. The number of nitrogens with one attached hydrogen (secondary N) is 1. The molecule has 4 rings (SSSR count). The lowest BCUT2D eigenvalue weighted by Crippen LogP contribution is -2.38. The third-order valence-corrected chi connectivity index (χ3v) is 6.12. The predicted molar refractivity (Wildman–Crippen MR) is 119 cm³/mol. The SMILES string of the molecule is COc1ccc(NC(=O)C2CCN(c3nccnc3Sc3ccccc3)CC2)cc1. The number of amides is 1. The van der Waals surface area contributed by atoms with Gasteiger partial charge in [-0.1, -0.05) is 30.0 Å². The number of hydrogen-bond donors (Lipinski definition) is 1. The Kier molecular flexibility index (Phi) is 6.49. The van der Waals surface area contributed by atoms with Crippen LogP contribution >= 0.6 is 11.8 Å². The number of carbonyl (C=O) groups is 1. The standard InChI is InChI=1S/C23H24N4O2S/c1-29-19-9-7-18(8-10-19)26-22(28)17-11-15-27(16-12-17)21-23(25-14-13-24-21)30-20-5-3-2-4-6-20/h2-10,13-14,17H,11-12,15-16H2,1H3,(H,26,28). The molecule has 1 saturated heterocycles. The predicted octanol–water partition coefficient (Wildman–Crippen LogP) is 4.49. The monoisotopic (exact) mass is 420 g/mol. The molecule has 0 saturated carbocycles. The lowest BCUT2D eigenvalue weighted by molar-refractivity contribution is -0.120. The Labute approximate surface area is 180 Å². The van der Waals surface area contributed by atoms with E-state index in [9.17, 15) is 4.79 Å². The van der Waals surface area contributed by atoms with Crippen LogP contribution in [0.25, 0.3) is 0 Å². The second kappa shape index (κ2) is 9.63. The van der Waals surface area contributed by atoms with E-state index in [-0.39, 0.29) is 11.8 Å². The van der Waals surface area contributed by atoms with Gasteiger partial charge in [0, 0.05) is 42.0 Å². The van der Waals surface area contributed by atoms with Gasteiger partial charge in [-0.3, -0.25) is 4.79 Å². The van der Waals surface area contributed by atoms with Crippen LogP contribution in [0.1, 0.15) is 12.8 Å². The molecule has 2 aromatic carbocycles. The van der Waals surface area contributed by atoms with Gasteiger partial charge in [0.2, 0.25) is 5.91 Å². The molecular weight excluding hydrogens is 396 g/mol. The third-order valence-electron chi connectivity index (χ3n) is 5.13. The van der Waals surface area contributed by atoms with Crippen molar-refractivity contribution in [3.8, 4) is 5.75 Å². The Morgan fingerprint density at radius 2 is 1.73 bits per heavy atom. The van der Waals surface area contributed by atoms with Crippen LogP contribution in [0.2, 0.25) is 0 Å². The second-order valence-corrected chi connectivity index (χ2v) is 8.14. The summed E-state index contributed by atoms with van der Waals surface area (Å²) < 4.78 is 5.16. The van der Waals surface area contributed by atoms with E-state index in [4.69, 9.17) is 4.74 Å². The van der Waals surface area contributed by atoms with E-state index in [0.717, 1.165) is 53.1 Å². The van der Waals surface area contributed by atoms with Gasteiger partial charge in [-0.15, -0.1) is 0 Å². The molecule has 0 radical (unpaired) electrons. The molecule has 6 nitrogen and oxygen atoms in total. The van der Waals surface area contributed by atoms with E-state index in [1.54, 1.807) is 31.3 Å². The van der Waals surface area contributed by atoms with Crippen LogP contribution in [0.5, 0.6) is 5.75 Å². The van der Waals surface area contributed by atoms with E-state index in [1.807, 2.05) is 42.5 Å². The van der Waals surface area contributed by atoms with Crippen LogP contribution < -0.4 is 15.0 Å². The summed E-state index contributed by atoms with van der Waals surface area (Å²) in [6, 6.07) is 17.6. The zero-order valence-electron chi connectivity index (χ0n) is 16.8. The van der Waals surface area contributed by atoms with Gasteiger partial charge in [0.1, 0.15) is 10.8 Å². The summed E-state index contributed by atoms with van der Waals surface area (Å²) in [5.41, 5.74) is 0.790. The number of ether oxygens (including phenoxy) is 1. The van der Waals surface area contributed by atoms with E-state index in [0.29, 0.717) is 0 Å². The molecule has 1 amide bonds. The average Bonchev–Trinajstić information content (AvgIpc) is 2.81. The number of anilines is 2. The van der Waals surface area contributed by atoms with Crippen LogP contribution in [0.15, 0.2) is 76.9 Å². The van der Waals surface area contributed by atoms with Gasteiger partial charge >= 0.3 is 0 Å². The number of rotatable bonds is 6. The summed E-state index contributed by atoms with van der Waals surface area (Å²) in [5, 5.41) is 3.91. The van der Waals surface area contributed by atoms with Crippen molar-refractivity contribution < 1.29 is 9.53 Å². The van der Waals surface area contributed by atoms with Crippen molar-refractivity contribution in [3.63, 3.8) is 0 Å². The van der Waals surface area contributed by atoms with Crippen molar-refractivity contribution >= 4 is 29.2 Å². The molecule has 1 N–H and O–H groups in total. The van der Waals surface area contributed by atoms with Gasteiger partial charge in [-0.25, -0.2) is 9.97 Å². The lowest BCUT2D eigenvalue weighted by atomic mass is 9.96. The number of benzene rings is 2. The second-order valence-electron chi connectivity index (χ2n) is 7.08. The largest absolute Gasteiger partial charge is 0.497 e. The minimum atomic E-state index is -0.00903. The first kappa shape index (κ1) is 20.2. The molecule has 0 aliphatic carbocycles. The third kappa shape index (κ3) is 4.91. The molecule has 1 aromatic heterocycles. The highest BCUT2D eigenvalue weighted by Crippen LogP contribution is 2.34. The smallest absolute Gasteiger partial charge is 0.227 e. The molecule has 2 heterocycles. The molecule has 0 spiro atoms. The fourth-order valence-corrected chi connectivity index (χ4v) is 4.38. The van der Waals surface area contributed by atoms with Crippen molar-refractivity contribution in [1.29, 1.82) is 0 Å². The van der Waals surface area contributed by atoms with Crippen molar-refractivity contribution in [1.82, 2.24) is 9.97 Å². The van der Waals surface area contributed by atoms with Crippen LogP contribution in [-0.2, 0) is 4.79 Å². The van der Waals surface area contributed by atoms with Crippen molar-refractivity contribution in [2.24, 2.45) is 5.92 Å². The highest BCUT2D eigenvalue weighted by Gasteiger charge is 2.27. The average molecular weight is 421 g/mol. The van der Waals surface area contributed by atoms with Crippen LogP contribution in [-0.4, -0.2) is 36.1 Å². The fourth-order valence-electron chi connectivity index (χ4n) is 3.48. The molecule has 154 valence electrons. The molecule has 0 unspecified atom stereocenters. The number of carbonyl (C=O) groups excluding carboxylic acids is 1. The molecule has 1 aliphatic heterocycles. The van der Waals surface area contributed by atoms with E-state index in [2.05, 4.69) is 32.3 Å². The number of hydrogen-bond acceptors (Lipinski definition) is 6. The topological polar surface area (TPSA) is 67.3 Å². The van der Waals surface area contributed by atoms with E-state index in [1.165, 1.54) is 0 Å². The van der Waals surface area contributed by atoms with Gasteiger partial charge in [0.05, 0.1) is 7.11 Å². The molecular formula is C23H24N4O2S. The number of methoxy groups -OCH3 is 1. The maximum absolute atomic E-state index is 12.7. The number of aromatic nitrogens is 2. The van der Waals surface area contributed by atoms with Gasteiger partial charge < -0.3 is 15.0 Å². The minimum absolute atomic E-state index is 0.00903. The number of nitrogens with zero attached hydrogens (tertiary/aromatic N) is 3. The molecule has 1 fully saturated rings. The van der Waals surface area contributed by atoms with Crippen LogP contribution in [0.4, 0.5) is 11.5 Å². The zero-order chi connectivity index (χ0) is 20.8. The minimum Gasteiger partial charge on any atom is -0.497 e. The molecule has 0 bridgehead atoms. The summed E-state index contributed by atoms with van der Waals surface area (Å²) in [6.45, 7) is 1.56. The highest BCUT2D eigenvalue weighted by atomic mass is 32.2. The van der Waals surface area contributed by atoms with Gasteiger partial charge in [0.25, 0.3) is 0 Å². The highest BCUT2D eigenvalue weighted by molar-refractivity contribution is 7.99. The normalized spacial score (nSPS) is 14.4. The van der Waals surface area contributed by atoms with Crippen molar-refractivity contribution in [3.05, 3.63) is 67.0 Å². The summed E-state index contributed by atoms with van der Waals surface area (Å²) in [7, 11) is 1.63.